The Balaban J connectivity index is 2.66. The molecular formula is C27H47F3O6SSi2. The van der Waals surface area contributed by atoms with Gasteiger partial charge in [-0.2, -0.15) is 21.6 Å². The molecule has 0 saturated carbocycles. The van der Waals surface area contributed by atoms with E-state index in [-0.39, 0.29) is 17.2 Å². The lowest BCUT2D eigenvalue weighted by Crippen LogP contribution is -2.50. The fourth-order valence-corrected chi connectivity index (χ4v) is 12.3. The zero-order valence-corrected chi connectivity index (χ0v) is 28.1. The highest BCUT2D eigenvalue weighted by atomic mass is 32.2. The van der Waals surface area contributed by atoms with Crippen molar-refractivity contribution in [1.29, 1.82) is 0 Å². The highest BCUT2D eigenvalue weighted by Gasteiger charge is 2.50. The average Bonchev–Trinajstić information content (AvgIpc) is 3.22. The van der Waals surface area contributed by atoms with Gasteiger partial charge in [0, 0.05) is 18.1 Å². The summed E-state index contributed by atoms with van der Waals surface area (Å²) in [4.78, 5) is 0. The molecule has 1 aromatic heterocycles. The summed E-state index contributed by atoms with van der Waals surface area (Å²) in [6.45, 7) is 23.3. The van der Waals surface area contributed by atoms with Crippen molar-refractivity contribution in [3.8, 4) is 5.75 Å². The predicted octanol–water partition coefficient (Wildman–Crippen LogP) is 9.59. The van der Waals surface area contributed by atoms with Crippen LogP contribution in [0.1, 0.15) is 99.9 Å². The molecule has 0 spiro atoms. The lowest BCUT2D eigenvalue weighted by atomic mass is 9.93. The van der Waals surface area contributed by atoms with Gasteiger partial charge in [0.2, 0.25) is 0 Å². The van der Waals surface area contributed by atoms with Gasteiger partial charge in [-0.25, -0.2) is 0 Å². The van der Waals surface area contributed by atoms with Gasteiger partial charge in [0.1, 0.15) is 29.6 Å². The van der Waals surface area contributed by atoms with Crippen LogP contribution in [0.15, 0.2) is 28.1 Å². The van der Waals surface area contributed by atoms with Crippen LogP contribution in [0.25, 0.3) is 0 Å². The highest BCUT2D eigenvalue weighted by Crippen LogP contribution is 2.48. The number of allylic oxidation sites excluding steroid dienone is 1. The molecular weight excluding hydrogens is 566 g/mol. The Morgan fingerprint density at radius 2 is 1.44 bits per heavy atom. The van der Waals surface area contributed by atoms with Crippen molar-refractivity contribution in [2.45, 2.75) is 134 Å². The maximum atomic E-state index is 13.2. The third kappa shape index (κ3) is 7.34. The first-order chi connectivity index (χ1) is 17.6. The Hall–Kier alpha value is -1.25. The van der Waals surface area contributed by atoms with Crippen LogP contribution in [-0.2, 0) is 18.7 Å². The second kappa shape index (κ2) is 11.9. The van der Waals surface area contributed by atoms with E-state index in [1.807, 2.05) is 13.1 Å². The van der Waals surface area contributed by atoms with Gasteiger partial charge in [0.25, 0.3) is 8.32 Å². The first-order valence-corrected chi connectivity index (χ1v) is 20.2. The molecule has 0 aliphatic heterocycles. The second-order valence-corrected chi connectivity index (χ2v) is 24.7. The number of halogens is 3. The third-order valence-corrected chi connectivity index (χ3v) is 19.8. The summed E-state index contributed by atoms with van der Waals surface area (Å²) in [6.07, 6.45) is 2.21. The van der Waals surface area contributed by atoms with E-state index in [9.17, 15) is 21.6 Å². The van der Waals surface area contributed by atoms with Crippen LogP contribution in [0.2, 0.25) is 34.8 Å². The van der Waals surface area contributed by atoms with E-state index in [2.05, 4.69) is 62.3 Å². The molecule has 0 bridgehead atoms. The van der Waals surface area contributed by atoms with Crippen LogP contribution < -0.4 is 4.43 Å². The van der Waals surface area contributed by atoms with Crippen molar-refractivity contribution in [1.82, 2.24) is 0 Å². The summed E-state index contributed by atoms with van der Waals surface area (Å²) in [5.74, 6) is 0.714. The number of furan rings is 1. The van der Waals surface area contributed by atoms with E-state index in [0.29, 0.717) is 53.0 Å². The summed E-state index contributed by atoms with van der Waals surface area (Å²) in [5, 5.41) is -0.222. The van der Waals surface area contributed by atoms with Gasteiger partial charge in [-0.05, 0) is 54.0 Å². The van der Waals surface area contributed by atoms with E-state index in [1.165, 1.54) is 6.26 Å². The first kappa shape index (κ1) is 34.0. The Kier molecular flexibility index (Phi) is 10.4. The normalized spacial score (nSPS) is 17.4. The van der Waals surface area contributed by atoms with E-state index in [0.717, 1.165) is 0 Å². The van der Waals surface area contributed by atoms with E-state index < -0.39 is 38.4 Å². The lowest BCUT2D eigenvalue weighted by Gasteiger charge is -2.41. The molecule has 1 heterocycles. The van der Waals surface area contributed by atoms with Crippen LogP contribution in [0.5, 0.6) is 5.75 Å². The van der Waals surface area contributed by atoms with Gasteiger partial charge >= 0.3 is 15.6 Å². The third-order valence-electron chi connectivity index (χ3n) is 8.34. The topological polar surface area (TPSA) is 75.0 Å². The van der Waals surface area contributed by atoms with Crippen LogP contribution in [-0.4, -0.2) is 30.6 Å². The SMILES string of the molecule is CC(C)[Si](Oc1coc(C(O[Si](C)(C)C(C)(C)C)C2=C(OS(=O)(=O)C(F)(F)F)CCCC2)c1)(C(C)C)C(C)C. The molecule has 12 heteroatoms. The Morgan fingerprint density at radius 1 is 0.923 bits per heavy atom. The van der Waals surface area contributed by atoms with Crippen molar-refractivity contribution in [3.63, 3.8) is 0 Å². The smallest absolute Gasteiger partial charge is 0.534 e. The molecule has 0 aromatic carbocycles. The van der Waals surface area contributed by atoms with E-state index in [1.54, 1.807) is 6.07 Å². The molecule has 1 atom stereocenters. The molecule has 1 aromatic rings. The van der Waals surface area contributed by atoms with E-state index >= 15 is 0 Å². The van der Waals surface area contributed by atoms with Gasteiger partial charge in [0.05, 0.1) is 0 Å². The molecule has 1 unspecified atom stereocenters. The number of alkyl halides is 3. The van der Waals surface area contributed by atoms with Crippen molar-refractivity contribution >= 4 is 26.8 Å². The Bertz CT molecular complexity index is 1090. The van der Waals surface area contributed by atoms with Crippen molar-refractivity contribution in [2.24, 2.45) is 0 Å². The summed E-state index contributed by atoms with van der Waals surface area (Å²) in [6, 6.07) is 1.75. The van der Waals surface area contributed by atoms with Crippen LogP contribution in [0.3, 0.4) is 0 Å². The van der Waals surface area contributed by atoms with Crippen molar-refractivity contribution in [2.75, 3.05) is 0 Å². The molecule has 0 fully saturated rings. The van der Waals surface area contributed by atoms with Gasteiger partial charge < -0.3 is 17.5 Å². The minimum absolute atomic E-state index is 0.0656. The van der Waals surface area contributed by atoms with Gasteiger partial charge in [-0.1, -0.05) is 62.3 Å². The molecule has 2 rings (SSSR count). The monoisotopic (exact) mass is 612 g/mol. The van der Waals surface area contributed by atoms with Crippen molar-refractivity contribution < 1.29 is 39.0 Å². The molecule has 0 amide bonds. The molecule has 0 radical (unpaired) electrons. The zero-order valence-electron chi connectivity index (χ0n) is 25.3. The number of hydrogen-bond acceptors (Lipinski definition) is 6. The second-order valence-electron chi connectivity index (χ2n) is 13.0. The molecule has 1 aliphatic rings. The fraction of sp³-hybridized carbons (Fsp3) is 0.778. The number of hydrogen-bond donors (Lipinski definition) is 0. The standard InChI is InChI=1S/C27H47F3O6SSi2/c1-18(2)39(19(3)4,20(5)6)35-21-16-24(33-17-21)25(36-38(10,11)26(7,8)9)22-14-12-13-15-23(22)34-37(31,32)27(28,29)30/h16-20,25H,12-15H2,1-11H3. The summed E-state index contributed by atoms with van der Waals surface area (Å²) < 4.78 is 87.9. The molecule has 0 N–H and O–H groups in total. The van der Waals surface area contributed by atoms with Gasteiger partial charge in [0.15, 0.2) is 8.32 Å². The predicted molar refractivity (Wildman–Crippen MR) is 153 cm³/mol. The summed E-state index contributed by atoms with van der Waals surface area (Å²) in [5.41, 5.74) is -4.18. The Labute approximate surface area is 235 Å². The molecule has 1 aliphatic carbocycles. The lowest BCUT2D eigenvalue weighted by molar-refractivity contribution is -0.0525. The fourth-order valence-electron chi connectivity index (χ4n) is 5.31. The van der Waals surface area contributed by atoms with Gasteiger partial charge in [-0.3, -0.25) is 0 Å². The summed E-state index contributed by atoms with van der Waals surface area (Å²) in [7, 11) is -10.6. The quantitative estimate of drug-likeness (QED) is 0.141. The van der Waals surface area contributed by atoms with Crippen LogP contribution >= 0.6 is 0 Å². The van der Waals surface area contributed by atoms with Crippen LogP contribution in [0.4, 0.5) is 13.2 Å². The first-order valence-electron chi connectivity index (χ1n) is 13.7. The minimum Gasteiger partial charge on any atom is -0.541 e. The minimum atomic E-state index is -5.82. The summed E-state index contributed by atoms with van der Waals surface area (Å²) >= 11 is 0. The Morgan fingerprint density at radius 3 is 1.90 bits per heavy atom. The molecule has 6 nitrogen and oxygen atoms in total. The van der Waals surface area contributed by atoms with Gasteiger partial charge in [-0.15, -0.1) is 0 Å². The average molecular weight is 613 g/mol. The highest BCUT2D eigenvalue weighted by molar-refractivity contribution is 7.87. The van der Waals surface area contributed by atoms with E-state index in [4.69, 9.17) is 17.5 Å². The maximum Gasteiger partial charge on any atom is 0.534 e. The maximum absolute atomic E-state index is 13.2. The van der Waals surface area contributed by atoms with Crippen LogP contribution in [0, 0.1) is 0 Å². The molecule has 226 valence electrons. The molecule has 39 heavy (non-hydrogen) atoms. The molecule has 0 saturated heterocycles. The largest absolute Gasteiger partial charge is 0.541 e. The number of rotatable bonds is 11. The zero-order chi connectivity index (χ0) is 30.2. The van der Waals surface area contributed by atoms with Crippen molar-refractivity contribution in [3.05, 3.63) is 29.4 Å².